The van der Waals surface area contributed by atoms with Crippen LogP contribution in [0, 0.1) is 11.8 Å². The van der Waals surface area contributed by atoms with E-state index in [4.69, 9.17) is 5.11 Å². The first-order valence-corrected chi connectivity index (χ1v) is 5.17. The van der Waals surface area contributed by atoms with Crippen molar-refractivity contribution in [3.63, 3.8) is 0 Å². The third-order valence-electron chi connectivity index (χ3n) is 2.84. The Labute approximate surface area is 89.5 Å². The molecule has 1 rings (SSSR count). The average molecular weight is 208 g/mol. The number of ketones is 1. The van der Waals surface area contributed by atoms with E-state index in [-0.39, 0.29) is 24.0 Å². The number of carbonyl (C=O) groups excluding carboxylic acids is 1. The molecule has 0 aromatic carbocycles. The van der Waals surface area contributed by atoms with Gasteiger partial charge in [0.2, 0.25) is 0 Å². The molecule has 3 heteroatoms. The maximum atomic E-state index is 11.5. The minimum absolute atomic E-state index is 0.0180. The minimum atomic E-state index is -0.813. The number of Topliss-reactive ketones (excluding diaryl/α,β-unsaturated/α-hetero) is 1. The maximum Gasteiger partial charge on any atom is 0.303 e. The molecular formula is C12H16O3. The van der Waals surface area contributed by atoms with Crippen LogP contribution in [-0.4, -0.2) is 16.9 Å². The van der Waals surface area contributed by atoms with Crippen LogP contribution in [0.1, 0.15) is 25.7 Å². The maximum absolute atomic E-state index is 11.5. The number of allylic oxidation sites excluding steroid dienone is 3. The van der Waals surface area contributed by atoms with Crippen molar-refractivity contribution in [1.29, 1.82) is 0 Å². The number of hydrogen-bond acceptors (Lipinski definition) is 2. The summed E-state index contributed by atoms with van der Waals surface area (Å²) < 4.78 is 0. The summed E-state index contributed by atoms with van der Waals surface area (Å²) in [4.78, 5) is 22.1. The molecule has 1 aliphatic rings. The molecule has 0 aromatic heterocycles. The van der Waals surface area contributed by atoms with E-state index >= 15 is 0 Å². The van der Waals surface area contributed by atoms with Gasteiger partial charge in [-0.3, -0.25) is 9.59 Å². The Morgan fingerprint density at radius 1 is 1.60 bits per heavy atom. The fraction of sp³-hybridized carbons (Fsp3) is 0.500. The summed E-state index contributed by atoms with van der Waals surface area (Å²) >= 11 is 0. The first-order valence-electron chi connectivity index (χ1n) is 5.17. The number of carboxylic acids is 1. The minimum Gasteiger partial charge on any atom is -0.481 e. The van der Waals surface area contributed by atoms with Gasteiger partial charge in [0.1, 0.15) is 5.78 Å². The number of hydrogen-bond donors (Lipinski definition) is 1. The second-order valence-electron chi connectivity index (χ2n) is 3.87. The second kappa shape index (κ2) is 5.49. The third-order valence-corrected chi connectivity index (χ3v) is 2.84. The van der Waals surface area contributed by atoms with E-state index in [1.165, 1.54) is 0 Å². The van der Waals surface area contributed by atoms with Gasteiger partial charge >= 0.3 is 5.97 Å². The highest BCUT2D eigenvalue weighted by Gasteiger charge is 2.34. The Kier molecular flexibility index (Phi) is 4.28. The van der Waals surface area contributed by atoms with Gasteiger partial charge in [-0.1, -0.05) is 24.8 Å². The Balaban J connectivity index is 2.56. The first kappa shape index (κ1) is 11.7. The lowest BCUT2D eigenvalue weighted by Crippen LogP contribution is -2.17. The van der Waals surface area contributed by atoms with E-state index < -0.39 is 5.97 Å². The highest BCUT2D eigenvalue weighted by atomic mass is 16.4. The summed E-state index contributed by atoms with van der Waals surface area (Å²) in [5, 5.41) is 8.70. The third kappa shape index (κ3) is 3.35. The van der Waals surface area contributed by atoms with E-state index in [0.717, 1.165) is 6.42 Å². The molecule has 0 amide bonds. The van der Waals surface area contributed by atoms with Gasteiger partial charge in [-0.2, -0.15) is 0 Å². The van der Waals surface area contributed by atoms with Crippen LogP contribution in [0.3, 0.4) is 0 Å². The van der Waals surface area contributed by atoms with Crippen molar-refractivity contribution in [3.05, 3.63) is 24.8 Å². The standard InChI is InChI=1S/C12H16O3/c1-2-3-4-5-10-9(8-12(14)15)6-7-11(10)13/h2-4,9-10H,1,5-8H2,(H,14,15)/b4-3-. The molecule has 0 radical (unpaired) electrons. The molecule has 0 aromatic rings. The molecular weight excluding hydrogens is 192 g/mol. The zero-order chi connectivity index (χ0) is 11.3. The summed E-state index contributed by atoms with van der Waals surface area (Å²) in [5.74, 6) is -0.691. The number of carbonyl (C=O) groups is 2. The van der Waals surface area contributed by atoms with Crippen molar-refractivity contribution in [2.24, 2.45) is 11.8 Å². The molecule has 1 aliphatic carbocycles. The van der Waals surface area contributed by atoms with E-state index in [2.05, 4.69) is 6.58 Å². The Morgan fingerprint density at radius 2 is 2.33 bits per heavy atom. The lowest BCUT2D eigenvalue weighted by Gasteiger charge is -2.14. The molecule has 82 valence electrons. The average Bonchev–Trinajstić information content (AvgIpc) is 2.49. The van der Waals surface area contributed by atoms with Crippen LogP contribution in [0.25, 0.3) is 0 Å². The molecule has 0 saturated heterocycles. The Morgan fingerprint density at radius 3 is 2.93 bits per heavy atom. The van der Waals surface area contributed by atoms with E-state index in [1.807, 2.05) is 6.08 Å². The smallest absolute Gasteiger partial charge is 0.303 e. The molecule has 0 aliphatic heterocycles. The molecule has 2 atom stereocenters. The van der Waals surface area contributed by atoms with Crippen LogP contribution in [0.4, 0.5) is 0 Å². The van der Waals surface area contributed by atoms with Crippen molar-refractivity contribution < 1.29 is 14.7 Å². The lowest BCUT2D eigenvalue weighted by molar-refractivity contribution is -0.138. The van der Waals surface area contributed by atoms with Crippen molar-refractivity contribution in [3.8, 4) is 0 Å². The number of rotatable bonds is 5. The topological polar surface area (TPSA) is 54.4 Å². The van der Waals surface area contributed by atoms with Gasteiger partial charge in [-0.15, -0.1) is 0 Å². The van der Waals surface area contributed by atoms with Crippen molar-refractivity contribution >= 4 is 11.8 Å². The molecule has 15 heavy (non-hydrogen) atoms. The molecule has 3 nitrogen and oxygen atoms in total. The number of carboxylic acid groups (broad SMARTS) is 1. The van der Waals surface area contributed by atoms with Gasteiger partial charge in [0.15, 0.2) is 0 Å². The Bertz CT molecular complexity index is 291. The predicted molar refractivity (Wildman–Crippen MR) is 57.4 cm³/mol. The van der Waals surface area contributed by atoms with Crippen LogP contribution in [0.5, 0.6) is 0 Å². The van der Waals surface area contributed by atoms with Crippen LogP contribution in [-0.2, 0) is 9.59 Å². The Hall–Kier alpha value is -1.38. The highest BCUT2D eigenvalue weighted by molar-refractivity contribution is 5.84. The van der Waals surface area contributed by atoms with Gasteiger partial charge in [0.25, 0.3) is 0 Å². The highest BCUT2D eigenvalue weighted by Crippen LogP contribution is 2.33. The SMILES string of the molecule is C=C/C=C\CC1C(=O)CCC1CC(=O)O. The molecule has 0 bridgehead atoms. The van der Waals surface area contributed by atoms with Crippen molar-refractivity contribution in [2.75, 3.05) is 0 Å². The summed E-state index contributed by atoms with van der Waals surface area (Å²) in [6, 6.07) is 0. The van der Waals surface area contributed by atoms with Gasteiger partial charge in [0.05, 0.1) is 0 Å². The first-order chi connectivity index (χ1) is 7.15. The van der Waals surface area contributed by atoms with Crippen LogP contribution >= 0.6 is 0 Å². The fourth-order valence-electron chi connectivity index (χ4n) is 2.09. The molecule has 1 N–H and O–H groups in total. The zero-order valence-corrected chi connectivity index (χ0v) is 8.69. The fourth-order valence-corrected chi connectivity index (χ4v) is 2.09. The molecule has 1 fully saturated rings. The molecule has 0 spiro atoms. The summed E-state index contributed by atoms with van der Waals surface area (Å²) in [6.07, 6.45) is 7.34. The van der Waals surface area contributed by atoms with E-state index in [9.17, 15) is 9.59 Å². The van der Waals surface area contributed by atoms with Crippen LogP contribution < -0.4 is 0 Å². The van der Waals surface area contributed by atoms with E-state index in [0.29, 0.717) is 12.8 Å². The summed E-state index contributed by atoms with van der Waals surface area (Å²) in [5.41, 5.74) is 0. The molecule has 2 unspecified atom stereocenters. The predicted octanol–water partition coefficient (Wildman–Crippen LogP) is 2.19. The monoisotopic (exact) mass is 208 g/mol. The zero-order valence-electron chi connectivity index (χ0n) is 8.69. The van der Waals surface area contributed by atoms with Crippen LogP contribution in [0.15, 0.2) is 24.8 Å². The van der Waals surface area contributed by atoms with Crippen molar-refractivity contribution in [2.45, 2.75) is 25.7 Å². The van der Waals surface area contributed by atoms with Gasteiger partial charge in [-0.25, -0.2) is 0 Å². The summed E-state index contributed by atoms with van der Waals surface area (Å²) in [7, 11) is 0. The lowest BCUT2D eigenvalue weighted by atomic mass is 9.89. The van der Waals surface area contributed by atoms with Crippen LogP contribution in [0.2, 0.25) is 0 Å². The second-order valence-corrected chi connectivity index (χ2v) is 3.87. The number of aliphatic carboxylic acids is 1. The largest absolute Gasteiger partial charge is 0.481 e. The van der Waals surface area contributed by atoms with E-state index in [1.54, 1.807) is 12.2 Å². The summed E-state index contributed by atoms with van der Waals surface area (Å²) in [6.45, 7) is 3.55. The van der Waals surface area contributed by atoms with Gasteiger partial charge < -0.3 is 5.11 Å². The van der Waals surface area contributed by atoms with Gasteiger partial charge in [-0.05, 0) is 18.8 Å². The quantitative estimate of drug-likeness (QED) is 0.704. The molecule has 1 saturated carbocycles. The normalized spacial score (nSPS) is 26.0. The van der Waals surface area contributed by atoms with Crippen molar-refractivity contribution in [1.82, 2.24) is 0 Å². The van der Waals surface area contributed by atoms with Gasteiger partial charge in [0, 0.05) is 18.8 Å². The molecule has 0 heterocycles.